The molecule has 0 saturated heterocycles. The molecule has 376 valence electrons. The third-order valence-electron chi connectivity index (χ3n) is 4.57. The molecule has 0 fully saturated rings. The molecule has 63 heavy (non-hydrogen) atoms. The van der Waals surface area contributed by atoms with Gasteiger partial charge in [-0.15, -0.1) is 11.3 Å². The number of para-hydroxylation sites is 1. The quantitative estimate of drug-likeness (QED) is 0.152. The van der Waals surface area contributed by atoms with Crippen LogP contribution in [0.1, 0.15) is 219 Å². The van der Waals surface area contributed by atoms with E-state index in [1.807, 2.05) is 255 Å². The number of aryl methyl sites for hydroxylation is 2. The second-order valence-corrected chi connectivity index (χ2v) is 8.46. The Labute approximate surface area is 407 Å². The third-order valence-corrected chi connectivity index (χ3v) is 5.52. The van der Waals surface area contributed by atoms with Gasteiger partial charge in [0.2, 0.25) is 0 Å². The van der Waals surface area contributed by atoms with Crippen LogP contribution in [0.25, 0.3) is 21.0 Å². The lowest BCUT2D eigenvalue weighted by Gasteiger charge is -1.92. The zero-order chi connectivity index (χ0) is 51.1. The summed E-state index contributed by atoms with van der Waals surface area (Å²) in [6, 6.07) is 40.9. The van der Waals surface area contributed by atoms with Crippen LogP contribution in [-0.4, -0.2) is 9.97 Å². The Morgan fingerprint density at radius 3 is 0.778 bits per heavy atom. The van der Waals surface area contributed by atoms with Gasteiger partial charge in [0.25, 0.3) is 0 Å². The van der Waals surface area contributed by atoms with E-state index in [-0.39, 0.29) is 14.9 Å². The first-order valence-electron chi connectivity index (χ1n) is 24.8. The lowest BCUT2D eigenvalue weighted by molar-refractivity contribution is 1.33. The number of aromatic nitrogens is 2. The molecule has 0 spiro atoms. The molecule has 0 aliphatic rings. The maximum atomic E-state index is 4.33. The van der Waals surface area contributed by atoms with Crippen molar-refractivity contribution in [1.82, 2.24) is 9.97 Å². The van der Waals surface area contributed by atoms with E-state index in [0.717, 1.165) is 10.5 Å². The van der Waals surface area contributed by atoms with Crippen LogP contribution in [0.15, 0.2) is 134 Å². The molecule has 2 heterocycles. The fourth-order valence-electron chi connectivity index (χ4n) is 2.97. The third kappa shape index (κ3) is 82.5. The first-order chi connectivity index (χ1) is 30.2. The molecule has 0 amide bonds. The van der Waals surface area contributed by atoms with E-state index in [4.69, 9.17) is 0 Å². The molecule has 0 bridgehead atoms. The molecule has 6 rings (SSSR count). The number of benzene rings is 4. The summed E-state index contributed by atoms with van der Waals surface area (Å²) in [6.07, 6.45) is 3.50. The van der Waals surface area contributed by atoms with Gasteiger partial charge in [-0.3, -0.25) is 4.98 Å². The minimum absolute atomic E-state index is 0. The number of rotatable bonds is 0. The van der Waals surface area contributed by atoms with Crippen LogP contribution in [0.4, 0.5) is 0 Å². The van der Waals surface area contributed by atoms with Crippen molar-refractivity contribution in [2.45, 2.75) is 223 Å². The Balaban J connectivity index is -0.0000000357. The number of hydrogen-bond acceptors (Lipinski definition) is 3. The smallest absolute Gasteiger partial charge is 0.0907 e. The SMILES string of the molecule is C.C.CC.CC.CC.CC.CC.CC.CC.CC.CC.CC.CC.CC.CC.CC.Cc1ccccc1.Cc1nc2ccccc2s1.c1ccc2ccccc2c1.c1ccncc1. The monoisotopic (exact) mass is 901 g/mol. The summed E-state index contributed by atoms with van der Waals surface area (Å²) < 4.78 is 1.28. The highest BCUT2D eigenvalue weighted by Crippen LogP contribution is 2.20. The van der Waals surface area contributed by atoms with Gasteiger partial charge in [0.05, 0.1) is 15.2 Å². The van der Waals surface area contributed by atoms with E-state index in [0.29, 0.717) is 0 Å². The van der Waals surface area contributed by atoms with Crippen LogP contribution in [0.2, 0.25) is 0 Å². The molecule has 6 aromatic rings. The predicted octanol–water partition coefficient (Wildman–Crippen LogP) is 24.2. The minimum Gasteiger partial charge on any atom is -0.265 e. The van der Waals surface area contributed by atoms with Crippen LogP contribution in [0.3, 0.4) is 0 Å². The van der Waals surface area contributed by atoms with Crippen LogP contribution in [0.5, 0.6) is 0 Å². The number of nitrogens with zero attached hydrogens (tertiary/aromatic N) is 2. The average molecular weight is 902 g/mol. The second kappa shape index (κ2) is 124. The van der Waals surface area contributed by atoms with E-state index < -0.39 is 0 Å². The van der Waals surface area contributed by atoms with Crippen molar-refractivity contribution >= 4 is 32.3 Å². The highest BCUT2D eigenvalue weighted by atomic mass is 32.1. The van der Waals surface area contributed by atoms with E-state index in [9.17, 15) is 0 Å². The van der Waals surface area contributed by atoms with Crippen molar-refractivity contribution < 1.29 is 0 Å². The van der Waals surface area contributed by atoms with E-state index in [1.54, 1.807) is 23.7 Å². The van der Waals surface area contributed by atoms with E-state index in [1.165, 1.54) is 21.0 Å². The summed E-state index contributed by atoms with van der Waals surface area (Å²) in [5, 5.41) is 3.76. The molecular weight excluding hydrogens is 781 g/mol. The van der Waals surface area contributed by atoms with Crippen LogP contribution < -0.4 is 0 Å². The standard InChI is InChI=1S/C10H8.C8H7NS.C7H8.C5H5N.14C2H6.2CH4/c1-2-6-10-8-4-3-7-9(10)5-1;1-6-9-7-4-2-3-5-8(7)10-6;1-7-5-3-2-4-6-7;1-2-4-6-5-3-1;14*1-2;;/h1-8H;2-5H,1H3;2-6H,1H3;1-5H;14*1-2H3;2*1H4. The zero-order valence-electron chi connectivity index (χ0n) is 47.0. The fraction of sp³-hybridized carbons (Fsp3) is 0.533. The number of fused-ring (bicyclic) bond motifs is 2. The van der Waals surface area contributed by atoms with Gasteiger partial charge in [-0.1, -0.05) is 311 Å². The average Bonchev–Trinajstić information content (AvgIpc) is 3.81. The molecular formula is C60H120N2S. The van der Waals surface area contributed by atoms with Gasteiger partial charge in [-0.05, 0) is 48.9 Å². The number of pyridine rings is 1. The maximum Gasteiger partial charge on any atom is 0.0907 e. The maximum absolute atomic E-state index is 4.33. The molecule has 3 heteroatoms. The highest BCUT2D eigenvalue weighted by molar-refractivity contribution is 7.18. The molecule has 0 unspecified atom stereocenters. The molecule has 4 aromatic carbocycles. The van der Waals surface area contributed by atoms with Crippen molar-refractivity contribution in [2.24, 2.45) is 0 Å². The Hall–Kier alpha value is -3.82. The summed E-state index contributed by atoms with van der Waals surface area (Å²) in [5.41, 5.74) is 2.44. The highest BCUT2D eigenvalue weighted by Gasteiger charge is 1.95. The van der Waals surface area contributed by atoms with Crippen LogP contribution in [0, 0.1) is 13.8 Å². The Morgan fingerprint density at radius 2 is 0.556 bits per heavy atom. The Bertz CT molecular complexity index is 1210. The largest absolute Gasteiger partial charge is 0.265 e. The molecule has 2 nitrogen and oxygen atoms in total. The first kappa shape index (κ1) is 98.1. The summed E-state index contributed by atoms with van der Waals surface area (Å²) in [4.78, 5) is 8.12. The van der Waals surface area contributed by atoms with Gasteiger partial charge in [-0.25, -0.2) is 4.98 Å². The van der Waals surface area contributed by atoms with E-state index >= 15 is 0 Å². The van der Waals surface area contributed by atoms with Crippen molar-refractivity contribution in [1.29, 1.82) is 0 Å². The van der Waals surface area contributed by atoms with Crippen LogP contribution in [-0.2, 0) is 0 Å². The summed E-state index contributed by atoms with van der Waals surface area (Å²) in [5.74, 6) is 0. The lowest BCUT2D eigenvalue weighted by atomic mass is 10.1. The molecule has 0 saturated carbocycles. The predicted molar refractivity (Wildman–Crippen MR) is 316 cm³/mol. The molecule has 0 aliphatic heterocycles. The van der Waals surface area contributed by atoms with Crippen molar-refractivity contribution in [3.05, 3.63) is 144 Å². The first-order valence-corrected chi connectivity index (χ1v) is 25.7. The molecule has 0 atom stereocenters. The second-order valence-electron chi connectivity index (χ2n) is 7.23. The van der Waals surface area contributed by atoms with Gasteiger partial charge in [0.1, 0.15) is 0 Å². The molecule has 0 aliphatic carbocycles. The Morgan fingerprint density at radius 1 is 0.302 bits per heavy atom. The molecule has 0 radical (unpaired) electrons. The van der Waals surface area contributed by atoms with Gasteiger partial charge >= 0.3 is 0 Å². The zero-order valence-corrected chi connectivity index (χ0v) is 47.8. The number of thiazole rings is 1. The van der Waals surface area contributed by atoms with Crippen LogP contribution >= 0.6 is 11.3 Å². The normalized spacial score (nSPS) is 6.32. The van der Waals surface area contributed by atoms with E-state index in [2.05, 4.69) is 83.6 Å². The topological polar surface area (TPSA) is 25.8 Å². The van der Waals surface area contributed by atoms with Crippen molar-refractivity contribution in [3.8, 4) is 0 Å². The van der Waals surface area contributed by atoms with Gasteiger partial charge in [-0.2, -0.15) is 0 Å². The summed E-state index contributed by atoms with van der Waals surface area (Å²) in [7, 11) is 0. The lowest BCUT2D eigenvalue weighted by Crippen LogP contribution is -1.67. The number of hydrogen-bond donors (Lipinski definition) is 0. The van der Waals surface area contributed by atoms with Gasteiger partial charge in [0.15, 0.2) is 0 Å². The molecule has 2 aromatic heterocycles. The fourth-order valence-corrected chi connectivity index (χ4v) is 3.79. The Kier molecular flexibility index (Phi) is 193. The van der Waals surface area contributed by atoms with Gasteiger partial charge in [0, 0.05) is 12.4 Å². The molecule has 0 N–H and O–H groups in total. The summed E-state index contributed by atoms with van der Waals surface area (Å²) in [6.45, 7) is 60.1. The van der Waals surface area contributed by atoms with Crippen molar-refractivity contribution in [3.63, 3.8) is 0 Å². The minimum atomic E-state index is 0. The summed E-state index contributed by atoms with van der Waals surface area (Å²) >= 11 is 1.74. The van der Waals surface area contributed by atoms with Gasteiger partial charge < -0.3 is 0 Å². The van der Waals surface area contributed by atoms with Crippen molar-refractivity contribution in [2.75, 3.05) is 0 Å².